The van der Waals surface area contributed by atoms with Gasteiger partial charge in [-0.3, -0.25) is 9.59 Å². The van der Waals surface area contributed by atoms with Gasteiger partial charge in [0.15, 0.2) is 0 Å². The minimum absolute atomic E-state index is 0.152. The van der Waals surface area contributed by atoms with E-state index < -0.39 is 0 Å². The molecule has 1 N–H and O–H groups in total. The van der Waals surface area contributed by atoms with Crippen LogP contribution in [0.3, 0.4) is 0 Å². The zero-order valence-corrected chi connectivity index (χ0v) is 14.1. The lowest BCUT2D eigenvalue weighted by Gasteiger charge is -2.29. The van der Waals surface area contributed by atoms with Crippen molar-refractivity contribution in [1.29, 1.82) is 5.26 Å². The summed E-state index contributed by atoms with van der Waals surface area (Å²) in [5, 5.41) is 11.8. The summed E-state index contributed by atoms with van der Waals surface area (Å²) in [5.74, 6) is -0.103. The van der Waals surface area contributed by atoms with Crippen LogP contribution in [-0.4, -0.2) is 18.4 Å². The highest BCUT2D eigenvalue weighted by Gasteiger charge is 2.23. The number of aryl methyl sites for hydroxylation is 1. The number of nitrogens with one attached hydrogen (secondary N) is 1. The van der Waals surface area contributed by atoms with Crippen LogP contribution in [0, 0.1) is 11.3 Å². The molecule has 126 valence electrons. The van der Waals surface area contributed by atoms with Gasteiger partial charge in [0, 0.05) is 29.9 Å². The van der Waals surface area contributed by atoms with E-state index in [1.807, 2.05) is 36.1 Å². The molecule has 0 saturated carbocycles. The van der Waals surface area contributed by atoms with E-state index in [0.29, 0.717) is 36.2 Å². The first kappa shape index (κ1) is 16.7. The molecule has 1 heterocycles. The predicted molar refractivity (Wildman–Crippen MR) is 96.5 cm³/mol. The number of carbonyl (C=O) groups is 2. The van der Waals surface area contributed by atoms with Crippen molar-refractivity contribution in [2.75, 3.05) is 16.8 Å². The number of amides is 2. The number of anilines is 2. The number of carbonyl (C=O) groups excluding carboxylic acids is 2. The molecule has 0 aromatic heterocycles. The second-order valence-corrected chi connectivity index (χ2v) is 6.04. The van der Waals surface area contributed by atoms with Crippen LogP contribution in [0.25, 0.3) is 0 Å². The van der Waals surface area contributed by atoms with Gasteiger partial charge in [0.05, 0.1) is 11.6 Å². The molecule has 0 atom stereocenters. The van der Waals surface area contributed by atoms with Gasteiger partial charge in [0.1, 0.15) is 0 Å². The van der Waals surface area contributed by atoms with Crippen LogP contribution in [0.15, 0.2) is 42.5 Å². The second-order valence-electron chi connectivity index (χ2n) is 6.04. The molecule has 25 heavy (non-hydrogen) atoms. The molecule has 2 aromatic carbocycles. The van der Waals surface area contributed by atoms with E-state index in [1.54, 1.807) is 24.3 Å². The maximum atomic E-state index is 12.4. The van der Waals surface area contributed by atoms with Gasteiger partial charge in [-0.2, -0.15) is 5.26 Å². The van der Waals surface area contributed by atoms with E-state index in [1.165, 1.54) is 0 Å². The lowest BCUT2D eigenvalue weighted by Crippen LogP contribution is -2.35. The summed E-state index contributed by atoms with van der Waals surface area (Å²) in [7, 11) is 0. The smallest absolute Gasteiger partial charge is 0.255 e. The van der Waals surface area contributed by atoms with Crippen molar-refractivity contribution in [2.45, 2.75) is 26.2 Å². The first-order valence-electron chi connectivity index (χ1n) is 8.37. The van der Waals surface area contributed by atoms with Crippen molar-refractivity contribution in [3.05, 3.63) is 59.2 Å². The van der Waals surface area contributed by atoms with Gasteiger partial charge in [-0.15, -0.1) is 0 Å². The maximum Gasteiger partial charge on any atom is 0.255 e. The molecule has 3 rings (SSSR count). The number of hydrogen-bond acceptors (Lipinski definition) is 3. The summed E-state index contributed by atoms with van der Waals surface area (Å²) < 4.78 is 0. The molecule has 1 aliphatic rings. The number of benzene rings is 2. The van der Waals surface area contributed by atoms with Crippen LogP contribution < -0.4 is 10.2 Å². The highest BCUT2D eigenvalue weighted by atomic mass is 16.2. The Balaban J connectivity index is 1.81. The summed E-state index contributed by atoms with van der Waals surface area (Å²) in [5.41, 5.74) is 3.59. The molecule has 1 aliphatic heterocycles. The molecule has 2 amide bonds. The number of hydrogen-bond donors (Lipinski definition) is 1. The highest BCUT2D eigenvalue weighted by molar-refractivity contribution is 6.05. The van der Waals surface area contributed by atoms with E-state index in [0.717, 1.165) is 17.7 Å². The van der Waals surface area contributed by atoms with E-state index in [9.17, 15) is 9.59 Å². The molecule has 5 heteroatoms. The van der Waals surface area contributed by atoms with E-state index in [-0.39, 0.29) is 11.8 Å². The molecule has 0 saturated heterocycles. The normalized spacial score (nSPS) is 13.1. The Bertz CT molecular complexity index is 867. The summed E-state index contributed by atoms with van der Waals surface area (Å²) in [6.45, 7) is 2.75. The van der Waals surface area contributed by atoms with E-state index >= 15 is 0 Å². The predicted octanol–water partition coefficient (Wildman–Crippen LogP) is 3.50. The third kappa shape index (κ3) is 3.53. The van der Waals surface area contributed by atoms with Gasteiger partial charge in [-0.25, -0.2) is 0 Å². The highest BCUT2D eigenvalue weighted by Crippen LogP contribution is 2.30. The lowest BCUT2D eigenvalue weighted by molar-refractivity contribution is -0.118. The topological polar surface area (TPSA) is 73.2 Å². The summed E-state index contributed by atoms with van der Waals surface area (Å²) in [6.07, 6.45) is 2.08. The van der Waals surface area contributed by atoms with Crippen LogP contribution in [0.2, 0.25) is 0 Å². The van der Waals surface area contributed by atoms with Crippen molar-refractivity contribution in [3.8, 4) is 6.07 Å². The van der Waals surface area contributed by atoms with Crippen molar-refractivity contribution >= 4 is 23.2 Å². The zero-order valence-electron chi connectivity index (χ0n) is 14.1. The molecular weight excluding hydrogens is 314 g/mol. The quantitative estimate of drug-likeness (QED) is 0.930. The van der Waals surface area contributed by atoms with Gasteiger partial charge >= 0.3 is 0 Å². The van der Waals surface area contributed by atoms with Crippen LogP contribution in [0.4, 0.5) is 11.4 Å². The van der Waals surface area contributed by atoms with Gasteiger partial charge in [0.25, 0.3) is 5.91 Å². The molecule has 5 nitrogen and oxygen atoms in total. The molecule has 0 spiro atoms. The van der Waals surface area contributed by atoms with Crippen LogP contribution in [0.1, 0.15) is 41.3 Å². The summed E-state index contributed by atoms with van der Waals surface area (Å²) >= 11 is 0. The number of nitriles is 1. The van der Waals surface area contributed by atoms with Crippen molar-refractivity contribution in [2.24, 2.45) is 0 Å². The molecular formula is C20H19N3O2. The van der Waals surface area contributed by atoms with Gasteiger partial charge < -0.3 is 10.2 Å². The van der Waals surface area contributed by atoms with E-state index in [2.05, 4.69) is 5.32 Å². The molecule has 2 aromatic rings. The molecule has 0 aliphatic carbocycles. The van der Waals surface area contributed by atoms with Crippen LogP contribution >= 0.6 is 0 Å². The Morgan fingerprint density at radius 3 is 2.84 bits per heavy atom. The number of fused-ring (bicyclic) bond motifs is 1. The van der Waals surface area contributed by atoms with E-state index in [4.69, 9.17) is 5.26 Å². The van der Waals surface area contributed by atoms with Gasteiger partial charge in [-0.1, -0.05) is 13.0 Å². The monoisotopic (exact) mass is 333 g/mol. The third-order valence-corrected chi connectivity index (χ3v) is 4.24. The molecule has 0 bridgehead atoms. The largest absolute Gasteiger partial charge is 0.322 e. The molecule has 0 radical (unpaired) electrons. The first-order valence-corrected chi connectivity index (χ1v) is 8.37. The Labute approximate surface area is 146 Å². The first-order chi connectivity index (χ1) is 12.1. The average molecular weight is 333 g/mol. The fraction of sp³-hybridized carbons (Fsp3) is 0.250. The fourth-order valence-electron chi connectivity index (χ4n) is 3.04. The van der Waals surface area contributed by atoms with Gasteiger partial charge in [-0.05, 0) is 54.8 Å². The Morgan fingerprint density at radius 1 is 1.24 bits per heavy atom. The average Bonchev–Trinajstić information content (AvgIpc) is 2.64. The standard InChI is InChI=1S/C20H19N3O2/c1-2-10-23-18-8-7-17(12-15(18)6-9-19(23)24)22-20(25)16-5-3-4-14(11-16)13-21/h3-5,7-8,11-12H,2,6,9-10H2,1H3,(H,22,25). The van der Waals surface area contributed by atoms with Crippen molar-refractivity contribution < 1.29 is 9.59 Å². The Kier molecular flexibility index (Phi) is 4.80. The third-order valence-electron chi connectivity index (χ3n) is 4.24. The van der Waals surface area contributed by atoms with Crippen molar-refractivity contribution in [3.63, 3.8) is 0 Å². The molecule has 0 fully saturated rings. The Hall–Kier alpha value is -3.13. The second kappa shape index (κ2) is 7.18. The SMILES string of the molecule is CCCN1C(=O)CCc2cc(NC(=O)c3cccc(C#N)c3)ccc21. The van der Waals surface area contributed by atoms with Crippen molar-refractivity contribution in [1.82, 2.24) is 0 Å². The summed E-state index contributed by atoms with van der Waals surface area (Å²) in [6, 6.07) is 14.3. The Morgan fingerprint density at radius 2 is 2.08 bits per heavy atom. The zero-order chi connectivity index (χ0) is 17.8. The minimum atomic E-state index is -0.255. The molecule has 0 unspecified atom stereocenters. The fourth-order valence-corrected chi connectivity index (χ4v) is 3.04. The van der Waals surface area contributed by atoms with Crippen LogP contribution in [0.5, 0.6) is 0 Å². The van der Waals surface area contributed by atoms with Gasteiger partial charge in [0.2, 0.25) is 5.91 Å². The number of nitrogens with zero attached hydrogens (tertiary/aromatic N) is 2. The minimum Gasteiger partial charge on any atom is -0.322 e. The number of rotatable bonds is 4. The van der Waals surface area contributed by atoms with Crippen LogP contribution in [-0.2, 0) is 11.2 Å². The maximum absolute atomic E-state index is 12.4. The lowest BCUT2D eigenvalue weighted by atomic mass is 10.00. The summed E-state index contributed by atoms with van der Waals surface area (Å²) in [4.78, 5) is 26.3.